The molecule has 0 aromatic heterocycles. The lowest BCUT2D eigenvalue weighted by Crippen LogP contribution is -2.45. The van der Waals surface area contributed by atoms with Crippen molar-refractivity contribution in [1.82, 2.24) is 4.90 Å². The molecule has 0 aromatic rings. The molecule has 0 aromatic carbocycles. The molecule has 0 spiro atoms. The summed E-state index contributed by atoms with van der Waals surface area (Å²) in [7, 11) is 0. The molecule has 1 aliphatic rings. The summed E-state index contributed by atoms with van der Waals surface area (Å²) in [6.45, 7) is 1.51. The average Bonchev–Trinajstić information content (AvgIpc) is 2.65. The van der Waals surface area contributed by atoms with Crippen LogP contribution in [0.15, 0.2) is 17.4 Å². The molecule has 4 atom stereocenters. The van der Waals surface area contributed by atoms with E-state index >= 15 is 0 Å². The van der Waals surface area contributed by atoms with Crippen LogP contribution in [-0.4, -0.2) is 62.7 Å². The quantitative estimate of drug-likeness (QED) is 0.256. The molecular weight excluding hydrogens is 284 g/mol. The van der Waals surface area contributed by atoms with Crippen molar-refractivity contribution in [3.05, 3.63) is 22.7 Å². The molecule has 0 radical (unpaired) electrons. The summed E-state index contributed by atoms with van der Waals surface area (Å²) in [5, 5.41) is 32.3. The van der Waals surface area contributed by atoms with E-state index in [1.165, 1.54) is 6.92 Å². The fourth-order valence-corrected chi connectivity index (χ4v) is 1.87. The third-order valence-corrected chi connectivity index (χ3v) is 2.95. The smallest absolute Gasteiger partial charge is 0.225 e. The molecule has 0 aliphatic carbocycles. The highest BCUT2D eigenvalue weighted by Gasteiger charge is 2.55. The molecule has 1 fully saturated rings. The van der Waals surface area contributed by atoms with Crippen molar-refractivity contribution in [2.24, 2.45) is 5.11 Å². The largest absolute Gasteiger partial charge is 0.393 e. The standard InChI is InChI=1S/C11H16N4O6/c1-6(17)3-4-15(7(2)18)10-8(19)9(20)11(5-16,21-10)13-14-12/h3-4,8-10,16,19-20H,5H2,1-2H3/b4-3-/t8?,9-,10+,11+/m0/s1. The Labute approximate surface area is 119 Å². The molecule has 10 heteroatoms. The van der Waals surface area contributed by atoms with Crippen LogP contribution in [0.2, 0.25) is 0 Å². The van der Waals surface area contributed by atoms with Crippen LogP contribution in [0.4, 0.5) is 0 Å². The number of azide groups is 1. The van der Waals surface area contributed by atoms with Gasteiger partial charge in [-0.1, -0.05) is 5.11 Å². The Bertz CT molecular complexity index is 503. The van der Waals surface area contributed by atoms with Crippen LogP contribution in [0.3, 0.4) is 0 Å². The van der Waals surface area contributed by atoms with Crippen LogP contribution in [0.5, 0.6) is 0 Å². The maximum atomic E-state index is 11.6. The Morgan fingerprint density at radius 1 is 1.48 bits per heavy atom. The van der Waals surface area contributed by atoms with Gasteiger partial charge >= 0.3 is 0 Å². The number of amides is 1. The molecule has 1 rings (SSSR count). The minimum atomic E-state index is -2.10. The molecule has 116 valence electrons. The van der Waals surface area contributed by atoms with Gasteiger partial charge in [0.1, 0.15) is 12.2 Å². The Balaban J connectivity index is 3.14. The number of hydrogen-bond donors (Lipinski definition) is 3. The third kappa shape index (κ3) is 3.38. The van der Waals surface area contributed by atoms with Crippen LogP contribution >= 0.6 is 0 Å². The lowest BCUT2D eigenvalue weighted by molar-refractivity contribution is -0.156. The normalized spacial score (nSPS) is 32.0. The van der Waals surface area contributed by atoms with Crippen molar-refractivity contribution in [2.75, 3.05) is 6.61 Å². The summed E-state index contributed by atoms with van der Waals surface area (Å²) in [6.07, 6.45) is -2.64. The second-order valence-corrected chi connectivity index (χ2v) is 4.49. The Morgan fingerprint density at radius 2 is 2.10 bits per heavy atom. The summed E-state index contributed by atoms with van der Waals surface area (Å²) in [4.78, 5) is 25.8. The van der Waals surface area contributed by atoms with E-state index in [1.807, 2.05) is 0 Å². The van der Waals surface area contributed by atoms with Gasteiger partial charge in [-0.2, -0.15) is 0 Å². The van der Waals surface area contributed by atoms with Gasteiger partial charge in [-0.05, 0) is 18.5 Å². The Morgan fingerprint density at radius 3 is 2.52 bits per heavy atom. The number of carbonyl (C=O) groups excluding carboxylic acids is 2. The van der Waals surface area contributed by atoms with Gasteiger partial charge in [0.05, 0.1) is 6.61 Å². The number of ketones is 1. The van der Waals surface area contributed by atoms with Crippen molar-refractivity contribution in [3.63, 3.8) is 0 Å². The highest BCUT2D eigenvalue weighted by molar-refractivity contribution is 5.88. The molecule has 1 amide bonds. The number of hydrogen-bond acceptors (Lipinski definition) is 7. The number of nitrogens with zero attached hydrogens (tertiary/aromatic N) is 4. The molecule has 10 nitrogen and oxygen atoms in total. The zero-order chi connectivity index (χ0) is 16.2. The third-order valence-electron chi connectivity index (χ3n) is 2.95. The molecule has 3 N–H and O–H groups in total. The number of carbonyl (C=O) groups is 2. The summed E-state index contributed by atoms with van der Waals surface area (Å²) in [5.74, 6) is -0.934. The number of rotatable bonds is 5. The van der Waals surface area contributed by atoms with Crippen molar-refractivity contribution in [1.29, 1.82) is 0 Å². The SMILES string of the molecule is CC(=O)/C=C\N(C(C)=O)[C@@H]1O[C@@](CO)(N=[N+]=[N-])[C@@H](O)C1O. The van der Waals surface area contributed by atoms with Gasteiger partial charge in [0, 0.05) is 18.0 Å². The van der Waals surface area contributed by atoms with Crippen LogP contribution in [0.1, 0.15) is 13.8 Å². The van der Waals surface area contributed by atoms with Gasteiger partial charge < -0.3 is 20.1 Å². The minimum absolute atomic E-state index is 0.349. The maximum absolute atomic E-state index is 11.6. The predicted molar refractivity (Wildman–Crippen MR) is 68.2 cm³/mol. The monoisotopic (exact) mass is 300 g/mol. The van der Waals surface area contributed by atoms with Gasteiger partial charge in [0.25, 0.3) is 0 Å². The molecule has 0 saturated carbocycles. The molecule has 1 unspecified atom stereocenters. The first-order valence-electron chi connectivity index (χ1n) is 5.98. The zero-order valence-corrected chi connectivity index (χ0v) is 11.4. The number of allylic oxidation sites excluding steroid dienone is 1. The van der Waals surface area contributed by atoms with Gasteiger partial charge in [0.15, 0.2) is 12.0 Å². The summed E-state index contributed by atoms with van der Waals surface area (Å²) < 4.78 is 5.19. The van der Waals surface area contributed by atoms with Crippen molar-refractivity contribution >= 4 is 11.7 Å². The topological polar surface area (TPSA) is 156 Å². The first-order valence-corrected chi connectivity index (χ1v) is 5.98. The highest BCUT2D eigenvalue weighted by Crippen LogP contribution is 2.34. The van der Waals surface area contributed by atoms with Crippen molar-refractivity contribution < 1.29 is 29.6 Å². The lowest BCUT2D eigenvalue weighted by atomic mass is 10.1. The van der Waals surface area contributed by atoms with E-state index < -0.39 is 36.7 Å². The summed E-state index contributed by atoms with van der Waals surface area (Å²) >= 11 is 0. The summed E-state index contributed by atoms with van der Waals surface area (Å²) in [5.41, 5.74) is 6.37. The molecule has 0 bridgehead atoms. The average molecular weight is 300 g/mol. The molecule has 1 heterocycles. The van der Waals surface area contributed by atoms with E-state index in [0.717, 1.165) is 24.1 Å². The first kappa shape index (κ1) is 17.1. The van der Waals surface area contributed by atoms with E-state index in [0.29, 0.717) is 0 Å². The van der Waals surface area contributed by atoms with Gasteiger partial charge in [-0.15, -0.1) is 0 Å². The lowest BCUT2D eigenvalue weighted by Gasteiger charge is -2.27. The highest BCUT2D eigenvalue weighted by atomic mass is 16.6. The number of ether oxygens (including phenoxy) is 1. The van der Waals surface area contributed by atoms with E-state index in [1.54, 1.807) is 0 Å². The van der Waals surface area contributed by atoms with Gasteiger partial charge in [-0.25, -0.2) is 0 Å². The second kappa shape index (κ2) is 6.66. The van der Waals surface area contributed by atoms with Crippen LogP contribution in [0, 0.1) is 0 Å². The van der Waals surface area contributed by atoms with E-state index in [2.05, 4.69) is 10.0 Å². The molecule has 21 heavy (non-hydrogen) atoms. The summed E-state index contributed by atoms with van der Waals surface area (Å²) in [6, 6.07) is 0. The van der Waals surface area contributed by atoms with E-state index in [4.69, 9.17) is 10.3 Å². The number of aliphatic hydroxyl groups excluding tert-OH is 3. The van der Waals surface area contributed by atoms with Gasteiger partial charge in [0.2, 0.25) is 11.6 Å². The van der Waals surface area contributed by atoms with Crippen LogP contribution in [-0.2, 0) is 14.3 Å². The Hall–Kier alpha value is -1.97. The fraction of sp³-hybridized carbons (Fsp3) is 0.636. The van der Waals surface area contributed by atoms with Crippen LogP contribution < -0.4 is 0 Å². The molecular formula is C11H16N4O6. The van der Waals surface area contributed by atoms with Crippen molar-refractivity contribution in [3.8, 4) is 0 Å². The maximum Gasteiger partial charge on any atom is 0.225 e. The predicted octanol–water partition coefficient (Wildman–Crippen LogP) is -0.985. The second-order valence-electron chi connectivity index (χ2n) is 4.49. The zero-order valence-electron chi connectivity index (χ0n) is 11.4. The van der Waals surface area contributed by atoms with E-state index in [-0.39, 0.29) is 5.78 Å². The number of aliphatic hydroxyl groups is 3. The molecule has 1 saturated heterocycles. The van der Waals surface area contributed by atoms with Crippen LogP contribution in [0.25, 0.3) is 10.4 Å². The fourth-order valence-electron chi connectivity index (χ4n) is 1.87. The van der Waals surface area contributed by atoms with E-state index in [9.17, 15) is 24.9 Å². The molecule has 1 aliphatic heterocycles. The van der Waals surface area contributed by atoms with Crippen molar-refractivity contribution in [2.45, 2.75) is 38.0 Å². The Kier molecular flexibility index (Phi) is 5.41. The minimum Gasteiger partial charge on any atom is -0.393 e. The van der Waals surface area contributed by atoms with Gasteiger partial charge in [-0.3, -0.25) is 14.5 Å². The first-order chi connectivity index (χ1) is 9.79.